The molecule has 2 radical (unpaired) electrons. The van der Waals surface area contributed by atoms with E-state index in [-0.39, 0.29) is 5.91 Å². The number of amides is 1. The predicted octanol–water partition coefficient (Wildman–Crippen LogP) is 3.74. The molecular formula is C18H17FN2O. The number of rotatable bonds is 3. The molecule has 0 spiro atoms. The number of anilines is 2. The third-order valence-electron chi connectivity index (χ3n) is 3.76. The van der Waals surface area contributed by atoms with E-state index in [2.05, 4.69) is 10.2 Å². The van der Waals surface area contributed by atoms with Crippen LogP contribution in [0.2, 0.25) is 0 Å². The van der Waals surface area contributed by atoms with Crippen LogP contribution < -0.4 is 10.2 Å². The third kappa shape index (κ3) is 3.27. The van der Waals surface area contributed by atoms with Crippen molar-refractivity contribution in [3.63, 3.8) is 0 Å². The quantitative estimate of drug-likeness (QED) is 0.936. The second-order valence-electron chi connectivity index (χ2n) is 5.47. The van der Waals surface area contributed by atoms with E-state index >= 15 is 0 Å². The van der Waals surface area contributed by atoms with E-state index < -0.39 is 5.82 Å². The minimum absolute atomic E-state index is 0.310. The van der Waals surface area contributed by atoms with E-state index in [1.165, 1.54) is 12.1 Å². The highest BCUT2D eigenvalue weighted by molar-refractivity contribution is 6.04. The first-order chi connectivity index (χ1) is 10.6. The van der Waals surface area contributed by atoms with Crippen LogP contribution >= 0.6 is 0 Å². The van der Waals surface area contributed by atoms with E-state index in [9.17, 15) is 9.18 Å². The van der Waals surface area contributed by atoms with Gasteiger partial charge >= 0.3 is 0 Å². The summed E-state index contributed by atoms with van der Waals surface area (Å²) in [6.45, 7) is 7.49. The van der Waals surface area contributed by atoms with Gasteiger partial charge in [-0.05, 0) is 55.7 Å². The lowest BCUT2D eigenvalue weighted by molar-refractivity contribution is 0.102. The predicted molar refractivity (Wildman–Crippen MR) is 85.6 cm³/mol. The maximum atomic E-state index is 13.8. The summed E-state index contributed by atoms with van der Waals surface area (Å²) in [6.07, 6.45) is 2.20. The van der Waals surface area contributed by atoms with Gasteiger partial charge in [-0.1, -0.05) is 12.1 Å². The highest BCUT2D eigenvalue weighted by Gasteiger charge is 2.16. The zero-order chi connectivity index (χ0) is 15.5. The lowest BCUT2D eigenvalue weighted by Crippen LogP contribution is -2.19. The molecule has 2 aromatic rings. The van der Waals surface area contributed by atoms with Crippen molar-refractivity contribution in [2.75, 3.05) is 23.3 Å². The van der Waals surface area contributed by atoms with E-state index in [0.717, 1.165) is 31.6 Å². The molecule has 1 aliphatic heterocycles. The summed E-state index contributed by atoms with van der Waals surface area (Å²) in [7, 11) is 0. The number of hydrogen-bond acceptors (Lipinski definition) is 2. The van der Waals surface area contributed by atoms with E-state index in [1.54, 1.807) is 30.3 Å². The minimum Gasteiger partial charge on any atom is -0.371 e. The summed E-state index contributed by atoms with van der Waals surface area (Å²) < 4.78 is 13.8. The van der Waals surface area contributed by atoms with Gasteiger partial charge in [0.05, 0.1) is 0 Å². The highest BCUT2D eigenvalue weighted by Crippen LogP contribution is 2.23. The number of halogens is 1. The number of carbonyl (C=O) groups is 1. The van der Waals surface area contributed by atoms with Crippen LogP contribution in [0.1, 0.15) is 28.8 Å². The lowest BCUT2D eigenvalue weighted by Gasteiger charge is -2.18. The van der Waals surface area contributed by atoms with Crippen molar-refractivity contribution in [1.29, 1.82) is 0 Å². The third-order valence-corrected chi connectivity index (χ3v) is 3.76. The van der Waals surface area contributed by atoms with Crippen LogP contribution in [0.5, 0.6) is 0 Å². The standard InChI is InChI=1S/C18H17FN2O/c1-13-5-4-6-16(9-13)20-18(22)14-10-15(19)12-17(11-14)21-7-2-3-8-21/h1,4-6,9-12H,2-3,7-8H2,(H,20,22). The Morgan fingerprint density at radius 2 is 1.91 bits per heavy atom. The van der Waals surface area contributed by atoms with E-state index in [4.69, 9.17) is 6.92 Å². The first kappa shape index (κ1) is 14.6. The molecule has 3 nitrogen and oxygen atoms in total. The number of nitrogens with one attached hydrogen (secondary N) is 1. The van der Waals surface area contributed by atoms with Crippen molar-refractivity contribution in [3.05, 3.63) is 66.3 Å². The fourth-order valence-corrected chi connectivity index (χ4v) is 2.68. The Morgan fingerprint density at radius 3 is 2.64 bits per heavy atom. The number of nitrogens with zero attached hydrogens (tertiary/aromatic N) is 1. The zero-order valence-corrected chi connectivity index (χ0v) is 12.2. The average molecular weight is 296 g/mol. The average Bonchev–Trinajstić information content (AvgIpc) is 3.01. The molecule has 4 heteroatoms. The van der Waals surface area contributed by atoms with Crippen molar-refractivity contribution >= 4 is 17.3 Å². The van der Waals surface area contributed by atoms with Gasteiger partial charge in [0.15, 0.2) is 0 Å². The van der Waals surface area contributed by atoms with Gasteiger partial charge in [0.25, 0.3) is 5.91 Å². The van der Waals surface area contributed by atoms with Crippen LogP contribution in [-0.2, 0) is 0 Å². The Hall–Kier alpha value is -2.36. The molecule has 1 heterocycles. The summed E-state index contributed by atoms with van der Waals surface area (Å²) in [5.41, 5.74) is 2.23. The monoisotopic (exact) mass is 296 g/mol. The molecule has 0 saturated carbocycles. The van der Waals surface area contributed by atoms with Crippen LogP contribution in [0.25, 0.3) is 0 Å². The Labute approximate surface area is 129 Å². The lowest BCUT2D eigenvalue weighted by atomic mass is 10.1. The Bertz CT molecular complexity index is 693. The molecule has 3 rings (SSSR count). The van der Waals surface area contributed by atoms with Crippen molar-refractivity contribution in [2.45, 2.75) is 12.8 Å². The van der Waals surface area contributed by atoms with Crippen molar-refractivity contribution in [3.8, 4) is 0 Å². The Morgan fingerprint density at radius 1 is 1.14 bits per heavy atom. The van der Waals surface area contributed by atoms with Crippen LogP contribution in [0.15, 0.2) is 42.5 Å². The van der Waals surface area contributed by atoms with Gasteiger partial charge in [-0.2, -0.15) is 0 Å². The van der Waals surface area contributed by atoms with Crippen LogP contribution in [0.3, 0.4) is 0 Å². The Balaban J connectivity index is 1.82. The molecule has 1 saturated heterocycles. The fourth-order valence-electron chi connectivity index (χ4n) is 2.68. The van der Waals surface area contributed by atoms with Crippen LogP contribution in [0, 0.1) is 12.7 Å². The first-order valence-electron chi connectivity index (χ1n) is 7.34. The van der Waals surface area contributed by atoms with Gasteiger partial charge in [-0.15, -0.1) is 0 Å². The van der Waals surface area contributed by atoms with Crippen LogP contribution in [0.4, 0.5) is 15.8 Å². The summed E-state index contributed by atoms with van der Waals surface area (Å²) in [4.78, 5) is 14.4. The van der Waals surface area contributed by atoms with Crippen molar-refractivity contribution < 1.29 is 9.18 Å². The molecule has 1 aliphatic rings. The molecule has 0 aliphatic carbocycles. The zero-order valence-electron chi connectivity index (χ0n) is 12.2. The van der Waals surface area contributed by atoms with Gasteiger partial charge < -0.3 is 10.2 Å². The second-order valence-corrected chi connectivity index (χ2v) is 5.47. The molecule has 2 aromatic carbocycles. The van der Waals surface area contributed by atoms with Crippen LogP contribution in [-0.4, -0.2) is 19.0 Å². The summed E-state index contributed by atoms with van der Waals surface area (Å²) >= 11 is 0. The number of benzene rings is 2. The minimum atomic E-state index is -0.401. The van der Waals surface area contributed by atoms with Crippen molar-refractivity contribution in [2.24, 2.45) is 0 Å². The summed E-state index contributed by atoms with van der Waals surface area (Å²) in [5, 5.41) is 2.74. The molecule has 22 heavy (non-hydrogen) atoms. The summed E-state index contributed by atoms with van der Waals surface area (Å²) in [6, 6.07) is 11.4. The molecule has 1 amide bonds. The first-order valence-corrected chi connectivity index (χ1v) is 7.34. The SMILES string of the molecule is [CH]c1cccc(NC(=O)c2cc(F)cc(N3CCCC3)c2)c1. The second kappa shape index (κ2) is 6.18. The smallest absolute Gasteiger partial charge is 0.255 e. The maximum absolute atomic E-state index is 13.8. The van der Waals surface area contributed by atoms with Gasteiger partial charge in [0.2, 0.25) is 0 Å². The number of hydrogen-bond donors (Lipinski definition) is 1. The van der Waals surface area contributed by atoms with Gasteiger partial charge in [0.1, 0.15) is 5.82 Å². The fraction of sp³-hybridized carbons (Fsp3) is 0.222. The van der Waals surface area contributed by atoms with E-state index in [1.807, 2.05) is 0 Å². The topological polar surface area (TPSA) is 32.3 Å². The molecule has 112 valence electrons. The molecule has 0 bridgehead atoms. The molecule has 0 unspecified atom stereocenters. The van der Waals surface area contributed by atoms with Gasteiger partial charge in [-0.3, -0.25) is 4.79 Å². The van der Waals surface area contributed by atoms with Crippen molar-refractivity contribution in [1.82, 2.24) is 0 Å². The molecule has 1 N–H and O–H groups in total. The maximum Gasteiger partial charge on any atom is 0.255 e. The molecule has 1 fully saturated rings. The summed E-state index contributed by atoms with van der Waals surface area (Å²) in [5.74, 6) is -0.743. The normalized spacial score (nSPS) is 14.2. The largest absolute Gasteiger partial charge is 0.371 e. The van der Waals surface area contributed by atoms with Gasteiger partial charge in [0, 0.05) is 30.0 Å². The Kier molecular flexibility index (Phi) is 4.09. The molecule has 0 aromatic heterocycles. The van der Waals surface area contributed by atoms with Gasteiger partial charge in [-0.25, -0.2) is 4.39 Å². The highest BCUT2D eigenvalue weighted by atomic mass is 19.1. The molecule has 0 atom stereocenters. The molecular weight excluding hydrogens is 279 g/mol. The number of carbonyl (C=O) groups excluding carboxylic acids is 1. The van der Waals surface area contributed by atoms with E-state index in [0.29, 0.717) is 16.8 Å².